The Bertz CT molecular complexity index is 804. The van der Waals surface area contributed by atoms with Crippen molar-refractivity contribution >= 4 is 23.6 Å². The van der Waals surface area contributed by atoms with Crippen molar-refractivity contribution in [1.29, 1.82) is 0 Å². The van der Waals surface area contributed by atoms with Gasteiger partial charge in [-0.05, 0) is 39.0 Å². The molecule has 6 nitrogen and oxygen atoms in total. The van der Waals surface area contributed by atoms with E-state index in [4.69, 9.17) is 0 Å². The molecule has 0 saturated heterocycles. The van der Waals surface area contributed by atoms with Crippen LogP contribution in [0.5, 0.6) is 0 Å². The van der Waals surface area contributed by atoms with Crippen LogP contribution in [0.4, 0.5) is 5.69 Å². The van der Waals surface area contributed by atoms with Crippen LogP contribution < -0.4 is 5.32 Å². The second kappa shape index (κ2) is 7.79. The van der Waals surface area contributed by atoms with Crippen molar-refractivity contribution in [2.75, 3.05) is 18.9 Å². The molecule has 2 rings (SSSR count). The Morgan fingerprint density at radius 2 is 1.84 bits per heavy atom. The molecule has 0 atom stereocenters. The standard InChI is InChI=1S/C19H24N4O2/c1-13-6-8-16(9-7-13)20-18(24)12-22(4)19(25)11-10-17-14(2)21-23(5)15(17)3/h6-11H,12H2,1-5H3,(H,20,24)/b11-10+. The van der Waals surface area contributed by atoms with E-state index in [9.17, 15) is 9.59 Å². The summed E-state index contributed by atoms with van der Waals surface area (Å²) in [4.78, 5) is 25.6. The van der Waals surface area contributed by atoms with Crippen LogP contribution in [0.25, 0.3) is 6.08 Å². The molecular weight excluding hydrogens is 316 g/mol. The van der Waals surface area contributed by atoms with Crippen LogP contribution in [0.1, 0.15) is 22.5 Å². The number of nitrogens with one attached hydrogen (secondary N) is 1. The van der Waals surface area contributed by atoms with E-state index >= 15 is 0 Å². The Labute approximate surface area is 148 Å². The largest absolute Gasteiger partial charge is 0.333 e. The maximum atomic E-state index is 12.2. The van der Waals surface area contributed by atoms with E-state index in [1.165, 1.54) is 11.0 Å². The van der Waals surface area contributed by atoms with E-state index < -0.39 is 0 Å². The molecule has 1 N–H and O–H groups in total. The van der Waals surface area contributed by atoms with E-state index in [0.717, 1.165) is 22.5 Å². The van der Waals surface area contributed by atoms with E-state index in [1.54, 1.807) is 17.8 Å². The van der Waals surface area contributed by atoms with Crippen molar-refractivity contribution < 1.29 is 9.59 Å². The van der Waals surface area contributed by atoms with Gasteiger partial charge in [0.2, 0.25) is 11.8 Å². The van der Waals surface area contributed by atoms with Crippen LogP contribution in [-0.4, -0.2) is 40.1 Å². The Morgan fingerprint density at radius 1 is 1.20 bits per heavy atom. The first kappa shape index (κ1) is 18.4. The van der Waals surface area contributed by atoms with Gasteiger partial charge in [0.25, 0.3) is 0 Å². The number of likely N-dealkylation sites (N-methyl/N-ethyl adjacent to an activating group) is 1. The molecule has 0 aliphatic rings. The van der Waals surface area contributed by atoms with Crippen molar-refractivity contribution in [1.82, 2.24) is 14.7 Å². The van der Waals surface area contributed by atoms with Crippen LogP contribution in [0.15, 0.2) is 30.3 Å². The summed E-state index contributed by atoms with van der Waals surface area (Å²) >= 11 is 0. The number of carbonyl (C=O) groups excluding carboxylic acids is 2. The molecular formula is C19H24N4O2. The fraction of sp³-hybridized carbons (Fsp3) is 0.316. The molecule has 132 valence electrons. The molecule has 0 spiro atoms. The summed E-state index contributed by atoms with van der Waals surface area (Å²) in [5.41, 5.74) is 4.61. The van der Waals surface area contributed by atoms with E-state index in [1.807, 2.05) is 52.1 Å². The molecule has 0 unspecified atom stereocenters. The zero-order chi connectivity index (χ0) is 18.6. The first-order valence-electron chi connectivity index (χ1n) is 8.08. The van der Waals surface area contributed by atoms with Crippen LogP contribution in [-0.2, 0) is 16.6 Å². The summed E-state index contributed by atoms with van der Waals surface area (Å²) in [5.74, 6) is -0.469. The highest BCUT2D eigenvalue weighted by molar-refractivity contribution is 5.98. The maximum Gasteiger partial charge on any atom is 0.246 e. The number of hydrogen-bond donors (Lipinski definition) is 1. The Balaban J connectivity index is 1.94. The predicted octanol–water partition coefficient (Wildman–Crippen LogP) is 2.46. The van der Waals surface area contributed by atoms with Crippen LogP contribution in [0, 0.1) is 20.8 Å². The topological polar surface area (TPSA) is 67.2 Å². The first-order valence-corrected chi connectivity index (χ1v) is 8.08. The summed E-state index contributed by atoms with van der Waals surface area (Å²) in [6, 6.07) is 7.52. The lowest BCUT2D eigenvalue weighted by molar-refractivity contribution is -0.129. The average Bonchev–Trinajstić information content (AvgIpc) is 2.80. The predicted molar refractivity (Wildman–Crippen MR) is 99.2 cm³/mol. The summed E-state index contributed by atoms with van der Waals surface area (Å²) in [6.07, 6.45) is 3.21. The second-order valence-electron chi connectivity index (χ2n) is 6.15. The number of aromatic nitrogens is 2. The van der Waals surface area contributed by atoms with Gasteiger partial charge in [-0.3, -0.25) is 14.3 Å². The smallest absolute Gasteiger partial charge is 0.246 e. The highest BCUT2D eigenvalue weighted by Gasteiger charge is 2.12. The third-order valence-corrected chi connectivity index (χ3v) is 4.05. The summed E-state index contributed by atoms with van der Waals surface area (Å²) in [5, 5.41) is 7.09. The zero-order valence-corrected chi connectivity index (χ0v) is 15.3. The lowest BCUT2D eigenvalue weighted by Gasteiger charge is -2.15. The van der Waals surface area contributed by atoms with Crippen molar-refractivity contribution in [2.24, 2.45) is 7.05 Å². The maximum absolute atomic E-state index is 12.2. The number of aryl methyl sites for hydroxylation is 3. The van der Waals surface area contributed by atoms with Gasteiger partial charge >= 0.3 is 0 Å². The molecule has 1 heterocycles. The molecule has 25 heavy (non-hydrogen) atoms. The number of hydrogen-bond acceptors (Lipinski definition) is 3. The lowest BCUT2D eigenvalue weighted by atomic mass is 10.2. The first-order chi connectivity index (χ1) is 11.8. The van der Waals surface area contributed by atoms with Crippen LogP contribution in [0.2, 0.25) is 0 Å². The van der Waals surface area contributed by atoms with Gasteiger partial charge in [-0.1, -0.05) is 17.7 Å². The Kier molecular flexibility index (Phi) is 5.75. The fourth-order valence-corrected chi connectivity index (χ4v) is 2.44. The van der Waals surface area contributed by atoms with Crippen molar-refractivity contribution in [3.8, 4) is 0 Å². The number of rotatable bonds is 5. The number of anilines is 1. The van der Waals surface area contributed by atoms with Gasteiger partial charge in [-0.2, -0.15) is 5.10 Å². The van der Waals surface area contributed by atoms with Crippen molar-refractivity contribution in [2.45, 2.75) is 20.8 Å². The van der Waals surface area contributed by atoms with Crippen LogP contribution >= 0.6 is 0 Å². The molecule has 0 fully saturated rings. The Morgan fingerprint density at radius 3 is 2.40 bits per heavy atom. The molecule has 2 amide bonds. The molecule has 0 aliphatic carbocycles. The van der Waals surface area contributed by atoms with Gasteiger partial charge in [0, 0.05) is 37.1 Å². The minimum atomic E-state index is -0.235. The number of amides is 2. The third kappa shape index (κ3) is 4.79. The van der Waals surface area contributed by atoms with Gasteiger partial charge in [-0.15, -0.1) is 0 Å². The third-order valence-electron chi connectivity index (χ3n) is 4.05. The van der Waals surface area contributed by atoms with Crippen molar-refractivity contribution in [3.05, 3.63) is 52.9 Å². The van der Waals surface area contributed by atoms with E-state index in [-0.39, 0.29) is 18.4 Å². The number of carbonyl (C=O) groups is 2. The van der Waals surface area contributed by atoms with Crippen molar-refractivity contribution in [3.63, 3.8) is 0 Å². The fourth-order valence-electron chi connectivity index (χ4n) is 2.44. The van der Waals surface area contributed by atoms with Gasteiger partial charge in [0.15, 0.2) is 0 Å². The van der Waals surface area contributed by atoms with Gasteiger partial charge in [0.1, 0.15) is 0 Å². The molecule has 1 aromatic heterocycles. The SMILES string of the molecule is Cc1ccc(NC(=O)CN(C)C(=O)/C=C/c2c(C)nn(C)c2C)cc1. The molecule has 2 aromatic rings. The molecule has 6 heteroatoms. The van der Waals surface area contributed by atoms with E-state index in [0.29, 0.717) is 5.69 Å². The molecule has 0 aliphatic heterocycles. The molecule has 0 saturated carbocycles. The highest BCUT2D eigenvalue weighted by Crippen LogP contribution is 2.14. The second-order valence-corrected chi connectivity index (χ2v) is 6.15. The van der Waals surface area contributed by atoms with Crippen LogP contribution in [0.3, 0.4) is 0 Å². The molecule has 1 aromatic carbocycles. The molecule has 0 radical (unpaired) electrons. The summed E-state index contributed by atoms with van der Waals surface area (Å²) < 4.78 is 1.78. The van der Waals surface area contributed by atoms with Gasteiger partial charge in [-0.25, -0.2) is 0 Å². The Hall–Kier alpha value is -2.89. The lowest BCUT2D eigenvalue weighted by Crippen LogP contribution is -2.33. The quantitative estimate of drug-likeness (QED) is 0.850. The van der Waals surface area contributed by atoms with E-state index in [2.05, 4.69) is 10.4 Å². The van der Waals surface area contributed by atoms with Gasteiger partial charge < -0.3 is 10.2 Å². The average molecular weight is 340 g/mol. The number of benzene rings is 1. The van der Waals surface area contributed by atoms with Gasteiger partial charge in [0.05, 0.1) is 12.2 Å². The zero-order valence-electron chi connectivity index (χ0n) is 15.3. The minimum absolute atomic E-state index is 0.0119. The summed E-state index contributed by atoms with van der Waals surface area (Å²) in [6.45, 7) is 5.82. The minimum Gasteiger partial charge on any atom is -0.333 e. The highest BCUT2D eigenvalue weighted by atomic mass is 16.2. The summed E-state index contributed by atoms with van der Waals surface area (Å²) in [7, 11) is 3.47. The molecule has 0 bridgehead atoms. The monoisotopic (exact) mass is 340 g/mol. The normalized spacial score (nSPS) is 10.9. The number of nitrogens with zero attached hydrogens (tertiary/aromatic N) is 3.